The fourth-order valence-electron chi connectivity index (χ4n) is 2.41. The van der Waals surface area contributed by atoms with Gasteiger partial charge in [-0.3, -0.25) is 4.79 Å². The van der Waals surface area contributed by atoms with Crippen molar-refractivity contribution in [3.05, 3.63) is 83.6 Å². The van der Waals surface area contributed by atoms with E-state index in [9.17, 15) is 14.4 Å². The van der Waals surface area contributed by atoms with E-state index in [2.05, 4.69) is 11.8 Å². The van der Waals surface area contributed by atoms with Crippen LogP contribution in [0.1, 0.15) is 27.6 Å². The van der Waals surface area contributed by atoms with Crippen LogP contribution >= 0.6 is 0 Å². The molecule has 1 aliphatic rings. The van der Waals surface area contributed by atoms with Gasteiger partial charge in [-0.05, 0) is 37.1 Å². The molecule has 1 aliphatic carbocycles. The highest BCUT2D eigenvalue weighted by molar-refractivity contribution is 6.09. The number of ketones is 1. The third-order valence-corrected chi connectivity index (χ3v) is 3.91. The second-order valence-electron chi connectivity index (χ2n) is 5.91. The smallest absolute Gasteiger partial charge is 0.343 e. The van der Waals surface area contributed by atoms with Crippen molar-refractivity contribution in [2.45, 2.75) is 13.0 Å². The number of hydrogen-bond acceptors (Lipinski definition) is 5. The molecule has 0 heterocycles. The van der Waals surface area contributed by atoms with Crippen molar-refractivity contribution in [3.8, 4) is 11.8 Å². The molecule has 0 aromatic heterocycles. The van der Waals surface area contributed by atoms with Gasteiger partial charge in [0.05, 0.1) is 17.0 Å². The van der Waals surface area contributed by atoms with Gasteiger partial charge in [-0.15, -0.1) is 0 Å². The summed E-state index contributed by atoms with van der Waals surface area (Å²) in [6, 6.07) is 16.8. The van der Waals surface area contributed by atoms with Crippen molar-refractivity contribution in [2.75, 3.05) is 0 Å². The Labute approximate surface area is 156 Å². The Hall–Kier alpha value is -3.65. The lowest BCUT2D eigenvalue weighted by molar-refractivity contribution is -0.113. The molecule has 134 valence electrons. The highest BCUT2D eigenvalue weighted by Crippen LogP contribution is 2.18. The van der Waals surface area contributed by atoms with E-state index in [1.54, 1.807) is 67.6 Å². The topological polar surface area (TPSA) is 69.7 Å². The molecule has 5 heteroatoms. The monoisotopic (exact) mass is 360 g/mol. The van der Waals surface area contributed by atoms with Crippen molar-refractivity contribution in [3.63, 3.8) is 0 Å². The number of carbonyl (C=O) groups excluding carboxylic acids is 3. The molecule has 0 amide bonds. The first-order chi connectivity index (χ1) is 13.0. The maximum atomic E-state index is 12.3. The number of benzene rings is 2. The summed E-state index contributed by atoms with van der Waals surface area (Å²) in [5.74, 6) is 2.60. The molecule has 0 spiro atoms. The highest BCUT2D eigenvalue weighted by atomic mass is 16.6. The lowest BCUT2D eigenvalue weighted by atomic mass is 10.1. The molecule has 0 aliphatic heterocycles. The van der Waals surface area contributed by atoms with Crippen LogP contribution in [0.15, 0.2) is 72.5 Å². The Kier molecular flexibility index (Phi) is 5.48. The van der Waals surface area contributed by atoms with Crippen molar-refractivity contribution < 1.29 is 23.9 Å². The summed E-state index contributed by atoms with van der Waals surface area (Å²) in [5.41, 5.74) is 0.679. The van der Waals surface area contributed by atoms with Gasteiger partial charge in [0.1, 0.15) is 6.10 Å². The van der Waals surface area contributed by atoms with E-state index in [-0.39, 0.29) is 5.76 Å². The Morgan fingerprint density at radius 3 is 2.04 bits per heavy atom. The van der Waals surface area contributed by atoms with E-state index in [1.807, 2.05) is 0 Å². The summed E-state index contributed by atoms with van der Waals surface area (Å²) in [6.45, 7) is 1.72. The highest BCUT2D eigenvalue weighted by Gasteiger charge is 2.26. The molecule has 2 atom stereocenters. The van der Waals surface area contributed by atoms with Crippen molar-refractivity contribution in [1.29, 1.82) is 0 Å². The number of ether oxygens (including phenoxy) is 2. The van der Waals surface area contributed by atoms with Gasteiger partial charge in [-0.25, -0.2) is 9.59 Å². The molecule has 5 nitrogen and oxygen atoms in total. The summed E-state index contributed by atoms with van der Waals surface area (Å²) >= 11 is 0. The number of hydrogen-bond donors (Lipinski definition) is 0. The first-order valence-electron chi connectivity index (χ1n) is 8.35. The van der Waals surface area contributed by atoms with Crippen LogP contribution in [0.3, 0.4) is 0 Å². The molecular formula is C22H16O5. The molecule has 2 unspecified atom stereocenters. The zero-order valence-corrected chi connectivity index (χ0v) is 14.5. The summed E-state index contributed by atoms with van der Waals surface area (Å²) in [5, 5.41) is 0. The largest absolute Gasteiger partial charge is 0.453 e. The zero-order chi connectivity index (χ0) is 19.2. The van der Waals surface area contributed by atoms with Gasteiger partial charge in [0, 0.05) is 6.08 Å². The van der Waals surface area contributed by atoms with Gasteiger partial charge in [0.2, 0.25) is 0 Å². The second kappa shape index (κ2) is 8.15. The van der Waals surface area contributed by atoms with Crippen LogP contribution < -0.4 is 0 Å². The number of rotatable bonds is 4. The van der Waals surface area contributed by atoms with Gasteiger partial charge in [-0.1, -0.05) is 42.3 Å². The third-order valence-electron chi connectivity index (χ3n) is 3.91. The lowest BCUT2D eigenvalue weighted by Gasteiger charge is -2.17. The summed E-state index contributed by atoms with van der Waals surface area (Å²) < 4.78 is 10.7. The van der Waals surface area contributed by atoms with Crippen molar-refractivity contribution >= 4 is 17.7 Å². The Morgan fingerprint density at radius 1 is 0.889 bits per heavy atom. The molecule has 3 rings (SSSR count). The second-order valence-corrected chi connectivity index (χ2v) is 5.91. The Balaban J connectivity index is 1.81. The molecule has 0 saturated heterocycles. The first-order valence-corrected chi connectivity index (χ1v) is 8.35. The molecule has 0 fully saturated rings. The van der Waals surface area contributed by atoms with Crippen LogP contribution in [0.25, 0.3) is 0 Å². The van der Waals surface area contributed by atoms with Crippen LogP contribution in [0, 0.1) is 17.8 Å². The van der Waals surface area contributed by atoms with Crippen LogP contribution in [0.4, 0.5) is 0 Å². The normalized spacial score (nSPS) is 18.4. The van der Waals surface area contributed by atoms with Gasteiger partial charge >= 0.3 is 11.9 Å². The maximum Gasteiger partial charge on any atom is 0.343 e. The molecule has 0 bridgehead atoms. The minimum Gasteiger partial charge on any atom is -0.453 e. The fraction of sp³-hybridized carbons (Fsp3) is 0.136. The molecule has 0 N–H and O–H groups in total. The van der Waals surface area contributed by atoms with E-state index in [4.69, 9.17) is 9.47 Å². The maximum absolute atomic E-state index is 12.3. The van der Waals surface area contributed by atoms with Crippen LogP contribution in [0.2, 0.25) is 0 Å². The standard InChI is InChI=1S/C22H16O5/c1-15-12-13-18(23)20(27-22(25)17-10-6-3-7-11-17)14-19(15)26-21(24)16-8-4-2-5-9-16/h2-11,14-15,19H,1H3. The van der Waals surface area contributed by atoms with E-state index in [0.717, 1.165) is 0 Å². The summed E-state index contributed by atoms with van der Waals surface area (Å²) in [4.78, 5) is 36.7. The molecule has 0 radical (unpaired) electrons. The number of allylic oxidation sites excluding steroid dienone is 1. The average molecular weight is 360 g/mol. The van der Waals surface area contributed by atoms with Gasteiger partial charge in [-0.2, -0.15) is 0 Å². The molecule has 0 saturated carbocycles. The van der Waals surface area contributed by atoms with E-state index in [0.29, 0.717) is 11.1 Å². The minimum absolute atomic E-state index is 0.244. The first kappa shape index (κ1) is 18.2. The molecule has 27 heavy (non-hydrogen) atoms. The Morgan fingerprint density at radius 2 is 1.44 bits per heavy atom. The predicted octanol–water partition coefficient (Wildman–Crippen LogP) is 3.18. The molecule has 2 aromatic carbocycles. The zero-order valence-electron chi connectivity index (χ0n) is 14.5. The van der Waals surface area contributed by atoms with Gasteiger partial charge in [0.25, 0.3) is 5.78 Å². The van der Waals surface area contributed by atoms with E-state index >= 15 is 0 Å². The number of Topliss-reactive ketones (excluding diaryl/α,β-unsaturated/α-hetero) is 1. The average Bonchev–Trinajstić information content (AvgIpc) is 2.83. The third kappa shape index (κ3) is 4.50. The van der Waals surface area contributed by atoms with Crippen LogP contribution in [-0.4, -0.2) is 23.8 Å². The van der Waals surface area contributed by atoms with E-state index < -0.39 is 29.7 Å². The van der Waals surface area contributed by atoms with Crippen LogP contribution in [0.5, 0.6) is 0 Å². The lowest BCUT2D eigenvalue weighted by Crippen LogP contribution is -2.23. The summed E-state index contributed by atoms with van der Waals surface area (Å²) in [7, 11) is 0. The quantitative estimate of drug-likeness (QED) is 0.476. The predicted molar refractivity (Wildman–Crippen MR) is 97.5 cm³/mol. The van der Waals surface area contributed by atoms with Crippen LogP contribution in [-0.2, 0) is 14.3 Å². The van der Waals surface area contributed by atoms with Crippen molar-refractivity contribution in [1.82, 2.24) is 0 Å². The molecular weight excluding hydrogens is 344 g/mol. The number of carbonyl (C=O) groups is 3. The van der Waals surface area contributed by atoms with Gasteiger partial charge < -0.3 is 9.47 Å². The fourth-order valence-corrected chi connectivity index (χ4v) is 2.41. The SMILES string of the molecule is CC1C#CC(=O)C(OC(=O)c2ccccc2)=CC1OC(=O)c1ccccc1. The Bertz CT molecular complexity index is 948. The molecule has 2 aromatic rings. The minimum atomic E-state index is -0.824. The summed E-state index contributed by atoms with van der Waals surface area (Å²) in [6.07, 6.45) is 0.497. The van der Waals surface area contributed by atoms with E-state index in [1.165, 1.54) is 6.08 Å². The van der Waals surface area contributed by atoms with Crippen molar-refractivity contribution in [2.24, 2.45) is 5.92 Å². The van der Waals surface area contributed by atoms with Gasteiger partial charge in [0.15, 0.2) is 5.76 Å². The number of esters is 2.